The maximum atomic E-state index is 6.57. The molecule has 12 aromatic rings. The zero-order chi connectivity index (χ0) is 40.3. The van der Waals surface area contributed by atoms with Crippen molar-refractivity contribution in [1.82, 2.24) is 4.57 Å². The molecule has 3 nitrogen and oxygen atoms in total. The zero-order valence-corrected chi connectivity index (χ0v) is 33.2. The van der Waals surface area contributed by atoms with Crippen LogP contribution in [0.4, 0.5) is 17.1 Å². The Kier molecular flexibility index (Phi) is 8.17. The molecule has 0 spiro atoms. The van der Waals surface area contributed by atoms with Gasteiger partial charge in [0, 0.05) is 49.4 Å². The second-order valence-corrected chi connectivity index (χ2v) is 15.6. The first kappa shape index (κ1) is 34.9. The van der Waals surface area contributed by atoms with Crippen molar-refractivity contribution in [3.63, 3.8) is 0 Å². The Morgan fingerprint density at radius 2 is 0.918 bits per heavy atom. The number of aromatic nitrogens is 1. The Bertz CT molecular complexity index is 3540. The van der Waals surface area contributed by atoms with Crippen molar-refractivity contribution in [2.24, 2.45) is 0 Å². The van der Waals surface area contributed by atoms with Crippen LogP contribution < -0.4 is 4.90 Å². The SMILES string of the molecule is c1ccc(-c2cccc(N(c3ccc(-c4ccccc4-n4c5ccccc5c5ccccc54)cc3)c3ccc(-c4cccc5c4oc4ccccc45)c4ccccc34)c2)cc1. The van der Waals surface area contributed by atoms with Crippen molar-refractivity contribution >= 4 is 71.6 Å². The third-order valence-electron chi connectivity index (χ3n) is 12.2. The highest BCUT2D eigenvalue weighted by Crippen LogP contribution is 2.45. The van der Waals surface area contributed by atoms with E-state index in [4.69, 9.17) is 4.42 Å². The first-order valence-corrected chi connectivity index (χ1v) is 20.8. The summed E-state index contributed by atoms with van der Waals surface area (Å²) >= 11 is 0. The molecule has 0 saturated heterocycles. The highest BCUT2D eigenvalue weighted by atomic mass is 16.3. The second kappa shape index (κ2) is 14.3. The average molecular weight is 779 g/mol. The van der Waals surface area contributed by atoms with E-state index in [1.54, 1.807) is 0 Å². The molecule has 0 N–H and O–H groups in total. The summed E-state index contributed by atoms with van der Waals surface area (Å²) in [5, 5.41) is 7.08. The minimum Gasteiger partial charge on any atom is -0.455 e. The van der Waals surface area contributed by atoms with E-state index in [0.717, 1.165) is 77.7 Å². The number of anilines is 3. The highest BCUT2D eigenvalue weighted by molar-refractivity contribution is 6.14. The van der Waals surface area contributed by atoms with E-state index in [1.165, 1.54) is 32.9 Å². The Hall–Kier alpha value is -8.14. The average Bonchev–Trinajstić information content (AvgIpc) is 3.89. The van der Waals surface area contributed by atoms with Gasteiger partial charge in [-0.3, -0.25) is 0 Å². The molecule has 286 valence electrons. The summed E-state index contributed by atoms with van der Waals surface area (Å²) in [4.78, 5) is 2.41. The molecule has 0 radical (unpaired) electrons. The van der Waals surface area contributed by atoms with Crippen molar-refractivity contribution < 1.29 is 4.42 Å². The van der Waals surface area contributed by atoms with Crippen molar-refractivity contribution in [1.29, 1.82) is 0 Å². The molecule has 0 unspecified atom stereocenters. The molecule has 12 rings (SSSR count). The van der Waals surface area contributed by atoms with Crippen molar-refractivity contribution in [2.45, 2.75) is 0 Å². The van der Waals surface area contributed by atoms with Crippen LogP contribution in [0.3, 0.4) is 0 Å². The Morgan fingerprint density at radius 1 is 0.328 bits per heavy atom. The molecule has 0 aliphatic heterocycles. The minimum absolute atomic E-state index is 0.900. The van der Waals surface area contributed by atoms with Crippen LogP contribution in [0.2, 0.25) is 0 Å². The fourth-order valence-electron chi connectivity index (χ4n) is 9.44. The van der Waals surface area contributed by atoms with Gasteiger partial charge in [0.25, 0.3) is 0 Å². The van der Waals surface area contributed by atoms with Crippen LogP contribution in [0.1, 0.15) is 0 Å². The van der Waals surface area contributed by atoms with Crippen LogP contribution in [-0.2, 0) is 0 Å². The van der Waals surface area contributed by atoms with Crippen LogP contribution in [0.5, 0.6) is 0 Å². The van der Waals surface area contributed by atoms with Gasteiger partial charge in [0.15, 0.2) is 0 Å². The lowest BCUT2D eigenvalue weighted by Gasteiger charge is -2.28. The molecule has 2 heterocycles. The van der Waals surface area contributed by atoms with Crippen molar-refractivity contribution in [2.75, 3.05) is 4.90 Å². The normalized spacial score (nSPS) is 11.6. The largest absolute Gasteiger partial charge is 0.455 e. The molecule has 0 bridgehead atoms. The molecule has 2 aromatic heterocycles. The van der Waals surface area contributed by atoms with E-state index in [2.05, 4.69) is 234 Å². The maximum Gasteiger partial charge on any atom is 0.143 e. The van der Waals surface area contributed by atoms with E-state index < -0.39 is 0 Å². The zero-order valence-electron chi connectivity index (χ0n) is 33.2. The molecule has 61 heavy (non-hydrogen) atoms. The first-order chi connectivity index (χ1) is 30.3. The van der Waals surface area contributed by atoms with Gasteiger partial charge in [-0.1, -0.05) is 176 Å². The summed E-state index contributed by atoms with van der Waals surface area (Å²) in [6.45, 7) is 0. The molecule has 0 fully saturated rings. The number of furan rings is 1. The number of hydrogen-bond donors (Lipinski definition) is 0. The third-order valence-corrected chi connectivity index (χ3v) is 12.2. The number of nitrogens with zero attached hydrogens (tertiary/aromatic N) is 2. The van der Waals surface area contributed by atoms with Gasteiger partial charge in [0.1, 0.15) is 11.2 Å². The lowest BCUT2D eigenvalue weighted by Crippen LogP contribution is -2.11. The Labute approximate surface area is 353 Å². The number of benzene rings is 10. The van der Waals surface area contributed by atoms with Gasteiger partial charge in [-0.15, -0.1) is 0 Å². The predicted octanol–water partition coefficient (Wildman–Crippen LogP) is 16.3. The fourth-order valence-corrected chi connectivity index (χ4v) is 9.44. The third kappa shape index (κ3) is 5.74. The molecule has 0 amide bonds. The van der Waals surface area contributed by atoms with Gasteiger partial charge in [-0.2, -0.15) is 0 Å². The van der Waals surface area contributed by atoms with Gasteiger partial charge in [-0.25, -0.2) is 0 Å². The molecule has 10 aromatic carbocycles. The monoisotopic (exact) mass is 778 g/mol. The fraction of sp³-hybridized carbons (Fsp3) is 0. The smallest absolute Gasteiger partial charge is 0.143 e. The predicted molar refractivity (Wildman–Crippen MR) is 257 cm³/mol. The summed E-state index contributed by atoms with van der Waals surface area (Å²) in [5.41, 5.74) is 15.5. The van der Waals surface area contributed by atoms with Gasteiger partial charge < -0.3 is 13.9 Å². The summed E-state index contributed by atoms with van der Waals surface area (Å²) in [5.74, 6) is 0. The molecule has 0 aliphatic rings. The van der Waals surface area contributed by atoms with E-state index in [0.29, 0.717) is 0 Å². The molecule has 0 atom stereocenters. The lowest BCUT2D eigenvalue weighted by molar-refractivity contribution is 0.670. The molecular weight excluding hydrogens is 741 g/mol. The van der Waals surface area contributed by atoms with Crippen LogP contribution in [0.25, 0.3) is 93.6 Å². The molecule has 0 aliphatic carbocycles. The number of rotatable bonds is 7. The van der Waals surface area contributed by atoms with Gasteiger partial charge in [-0.05, 0) is 82.2 Å². The van der Waals surface area contributed by atoms with E-state index in [1.807, 2.05) is 6.07 Å². The number of hydrogen-bond acceptors (Lipinski definition) is 2. The van der Waals surface area contributed by atoms with Crippen LogP contribution in [0, 0.1) is 0 Å². The van der Waals surface area contributed by atoms with Gasteiger partial charge >= 0.3 is 0 Å². The standard InChI is InChI=1S/C58H38N2O/c1-2-16-39(17-3-1)41-18-14-19-43(38-41)59(56-37-36-46(45-21-4-5-22-47(45)56)51-26-15-27-52-50-25-9-13-31-57(50)61-58(51)52)42-34-32-40(33-35-42)44-20-6-10-28-53(44)60-54-29-11-7-23-48(54)49-24-8-12-30-55(49)60/h1-38H. The summed E-state index contributed by atoms with van der Waals surface area (Å²) in [7, 11) is 0. The summed E-state index contributed by atoms with van der Waals surface area (Å²) in [6, 6.07) is 82.9. The number of para-hydroxylation sites is 5. The van der Waals surface area contributed by atoms with E-state index in [9.17, 15) is 0 Å². The van der Waals surface area contributed by atoms with Crippen LogP contribution >= 0.6 is 0 Å². The van der Waals surface area contributed by atoms with Crippen molar-refractivity contribution in [3.05, 3.63) is 231 Å². The Balaban J connectivity index is 1.03. The van der Waals surface area contributed by atoms with E-state index >= 15 is 0 Å². The Morgan fingerprint density at radius 3 is 1.70 bits per heavy atom. The summed E-state index contributed by atoms with van der Waals surface area (Å²) in [6.07, 6.45) is 0. The van der Waals surface area contributed by atoms with Crippen LogP contribution in [-0.4, -0.2) is 4.57 Å². The topological polar surface area (TPSA) is 21.3 Å². The van der Waals surface area contributed by atoms with Gasteiger partial charge in [0.2, 0.25) is 0 Å². The molecule has 3 heteroatoms. The highest BCUT2D eigenvalue weighted by Gasteiger charge is 2.21. The summed E-state index contributed by atoms with van der Waals surface area (Å²) < 4.78 is 8.98. The minimum atomic E-state index is 0.900. The number of fused-ring (bicyclic) bond motifs is 7. The lowest BCUT2D eigenvalue weighted by atomic mass is 9.94. The second-order valence-electron chi connectivity index (χ2n) is 15.6. The van der Waals surface area contributed by atoms with Crippen molar-refractivity contribution in [3.8, 4) is 39.1 Å². The maximum absolute atomic E-state index is 6.57. The van der Waals surface area contributed by atoms with Crippen LogP contribution in [0.15, 0.2) is 235 Å². The molecular formula is C58H38N2O. The quantitative estimate of drug-likeness (QED) is 0.161. The molecule has 0 saturated carbocycles. The van der Waals surface area contributed by atoms with Gasteiger partial charge in [0.05, 0.1) is 22.4 Å². The van der Waals surface area contributed by atoms with E-state index in [-0.39, 0.29) is 0 Å². The first-order valence-electron chi connectivity index (χ1n) is 20.8.